The van der Waals surface area contributed by atoms with Gasteiger partial charge in [-0.3, -0.25) is 9.59 Å². The Morgan fingerprint density at radius 3 is 2.48 bits per heavy atom. The number of carbonyl (C=O) groups is 2. The molecule has 0 amide bonds. The number of hydrogen-bond acceptors (Lipinski definition) is 3. The molecule has 0 bridgehead atoms. The number of benzene rings is 1. The van der Waals surface area contributed by atoms with Crippen molar-refractivity contribution in [2.24, 2.45) is 0 Å². The maximum absolute atomic E-state index is 12.4. The van der Waals surface area contributed by atoms with E-state index in [4.69, 9.17) is 27.9 Å². The number of hydrogen-bond donors (Lipinski definition) is 1. The Hall–Kier alpha value is -1.52. The van der Waals surface area contributed by atoms with Gasteiger partial charge in [0.05, 0.1) is 6.61 Å². The summed E-state index contributed by atoms with van der Waals surface area (Å²) >= 11 is 11.7. The van der Waals surface area contributed by atoms with Gasteiger partial charge in [-0.25, -0.2) is 0 Å². The molecule has 0 radical (unpaired) electrons. The Balaban J connectivity index is 3.55. The van der Waals surface area contributed by atoms with E-state index in [1.807, 2.05) is 0 Å². The van der Waals surface area contributed by atoms with E-state index >= 15 is 0 Å². The van der Waals surface area contributed by atoms with Crippen molar-refractivity contribution >= 4 is 35.1 Å². The summed E-state index contributed by atoms with van der Waals surface area (Å²) in [5, 5.41) is 9.90. The van der Waals surface area contributed by atoms with Crippen LogP contribution in [-0.2, 0) is 19.7 Å². The van der Waals surface area contributed by atoms with Crippen LogP contribution in [-0.4, -0.2) is 23.7 Å². The largest absolute Gasteiger partial charge is 0.480 e. The molecule has 114 valence electrons. The number of esters is 1. The highest BCUT2D eigenvalue weighted by Gasteiger charge is 2.50. The van der Waals surface area contributed by atoms with Crippen molar-refractivity contribution in [1.29, 1.82) is 0 Å². The van der Waals surface area contributed by atoms with Crippen LogP contribution in [0.15, 0.2) is 35.4 Å². The molecule has 1 rings (SSSR count). The van der Waals surface area contributed by atoms with Gasteiger partial charge in [0.25, 0.3) is 0 Å². The third-order valence-corrected chi connectivity index (χ3v) is 3.76. The zero-order valence-corrected chi connectivity index (χ0v) is 13.2. The first-order valence-corrected chi connectivity index (χ1v) is 7.13. The van der Waals surface area contributed by atoms with E-state index in [-0.39, 0.29) is 23.6 Å². The van der Waals surface area contributed by atoms with Crippen LogP contribution >= 0.6 is 23.2 Å². The predicted molar refractivity (Wildman–Crippen MR) is 81.6 cm³/mol. The molecule has 0 aliphatic heterocycles. The van der Waals surface area contributed by atoms with Crippen molar-refractivity contribution in [3.8, 4) is 0 Å². The summed E-state index contributed by atoms with van der Waals surface area (Å²) in [4.78, 5) is 24.3. The molecule has 21 heavy (non-hydrogen) atoms. The lowest BCUT2D eigenvalue weighted by Gasteiger charge is -2.28. The van der Waals surface area contributed by atoms with E-state index in [2.05, 4.69) is 0 Å². The van der Waals surface area contributed by atoms with Crippen molar-refractivity contribution in [1.82, 2.24) is 0 Å². The minimum atomic E-state index is -1.91. The zero-order chi connectivity index (χ0) is 16.0. The summed E-state index contributed by atoms with van der Waals surface area (Å²) in [6.45, 7) is 3.32. The lowest BCUT2D eigenvalue weighted by Crippen LogP contribution is -2.45. The van der Waals surface area contributed by atoms with Crippen molar-refractivity contribution < 1.29 is 19.4 Å². The molecule has 0 fully saturated rings. The summed E-state index contributed by atoms with van der Waals surface area (Å²) < 4.78 is 4.97. The Kier molecular flexibility index (Phi) is 6.24. The normalized spacial score (nSPS) is 14.4. The molecule has 0 saturated heterocycles. The van der Waals surface area contributed by atoms with Crippen LogP contribution in [0.4, 0.5) is 0 Å². The zero-order valence-electron chi connectivity index (χ0n) is 11.7. The van der Waals surface area contributed by atoms with Crippen LogP contribution in [0.1, 0.15) is 25.8 Å². The summed E-state index contributed by atoms with van der Waals surface area (Å²) in [6, 6.07) is 6.33. The third kappa shape index (κ3) is 3.57. The molecule has 1 aromatic carbocycles. The van der Waals surface area contributed by atoms with Gasteiger partial charge in [-0.2, -0.15) is 0 Å². The van der Waals surface area contributed by atoms with Crippen LogP contribution in [0.2, 0.25) is 5.02 Å². The molecule has 0 aliphatic carbocycles. The maximum Gasteiger partial charge on any atom is 0.328 e. The fraction of sp³-hybridized carbons (Fsp3) is 0.333. The van der Waals surface area contributed by atoms with E-state index in [9.17, 15) is 14.7 Å². The quantitative estimate of drug-likeness (QED) is 0.637. The first kappa shape index (κ1) is 17.5. The number of carboxylic acids is 1. The van der Waals surface area contributed by atoms with Gasteiger partial charge in [0, 0.05) is 17.0 Å². The number of halogens is 2. The number of allylic oxidation sites excluding steroid dienone is 1. The van der Waals surface area contributed by atoms with Gasteiger partial charge in [0.1, 0.15) is 0 Å². The first-order valence-electron chi connectivity index (χ1n) is 6.31. The smallest absolute Gasteiger partial charge is 0.328 e. The molecule has 0 saturated carbocycles. The molecule has 4 nitrogen and oxygen atoms in total. The lowest BCUT2D eigenvalue weighted by atomic mass is 9.75. The molecule has 0 aromatic heterocycles. The fourth-order valence-electron chi connectivity index (χ4n) is 2.07. The van der Waals surface area contributed by atoms with Crippen LogP contribution in [0, 0.1) is 0 Å². The molecular weight excluding hydrogens is 315 g/mol. The molecule has 6 heteroatoms. The first-order chi connectivity index (χ1) is 9.90. The molecule has 1 aromatic rings. The summed E-state index contributed by atoms with van der Waals surface area (Å²) in [7, 11) is 0. The third-order valence-electron chi connectivity index (χ3n) is 3.05. The highest BCUT2D eigenvalue weighted by Crippen LogP contribution is 2.37. The van der Waals surface area contributed by atoms with Gasteiger partial charge in [0.2, 0.25) is 0 Å². The van der Waals surface area contributed by atoms with E-state index < -0.39 is 17.4 Å². The highest BCUT2D eigenvalue weighted by atomic mass is 35.5. The molecule has 0 spiro atoms. The maximum atomic E-state index is 12.4. The molecule has 0 aliphatic rings. The van der Waals surface area contributed by atoms with Crippen LogP contribution < -0.4 is 0 Å². The predicted octanol–water partition coefficient (Wildman–Crippen LogP) is 3.76. The topological polar surface area (TPSA) is 63.6 Å². The van der Waals surface area contributed by atoms with Gasteiger partial charge in [-0.05, 0) is 25.5 Å². The van der Waals surface area contributed by atoms with E-state index in [0.29, 0.717) is 5.57 Å². The number of rotatable bonds is 6. The number of carboxylic acid groups (broad SMARTS) is 1. The number of ether oxygens (including phenoxy) is 1. The number of aliphatic carboxylic acids is 1. The SMILES string of the molecule is CCOC(=O)C(C/C(C)=C/Cl)(C(=O)O)c1ccccc1Cl. The van der Waals surface area contributed by atoms with Gasteiger partial charge in [0.15, 0.2) is 5.41 Å². The second kappa shape index (κ2) is 7.48. The standard InChI is InChI=1S/C15H16Cl2O4/c1-3-21-14(20)15(13(18)19,8-10(2)9-16)11-6-4-5-7-12(11)17/h4-7,9H,3,8H2,1-2H3,(H,18,19)/b10-9+. The summed E-state index contributed by atoms with van der Waals surface area (Å²) in [5.41, 5.74) is 0.0555. The van der Waals surface area contributed by atoms with Crippen LogP contribution in [0.3, 0.4) is 0 Å². The Morgan fingerprint density at radius 2 is 2.00 bits per heavy atom. The van der Waals surface area contributed by atoms with E-state index in [1.54, 1.807) is 26.0 Å². The molecule has 1 atom stereocenters. The Morgan fingerprint density at radius 1 is 1.38 bits per heavy atom. The minimum absolute atomic E-state index is 0.0714. The molecule has 1 unspecified atom stereocenters. The van der Waals surface area contributed by atoms with Crippen LogP contribution in [0.5, 0.6) is 0 Å². The van der Waals surface area contributed by atoms with Crippen molar-refractivity contribution in [3.63, 3.8) is 0 Å². The average molecular weight is 331 g/mol. The number of carbonyl (C=O) groups excluding carboxylic acids is 1. The van der Waals surface area contributed by atoms with Crippen LogP contribution in [0.25, 0.3) is 0 Å². The van der Waals surface area contributed by atoms with Gasteiger partial charge in [-0.1, -0.05) is 47.0 Å². The Labute approximate surface area is 133 Å². The van der Waals surface area contributed by atoms with Gasteiger partial charge < -0.3 is 9.84 Å². The Bertz CT molecular complexity index is 569. The van der Waals surface area contributed by atoms with Gasteiger partial charge in [-0.15, -0.1) is 0 Å². The highest BCUT2D eigenvalue weighted by molar-refractivity contribution is 6.32. The molecule has 1 N–H and O–H groups in total. The molecule has 0 heterocycles. The van der Waals surface area contributed by atoms with Gasteiger partial charge >= 0.3 is 11.9 Å². The average Bonchev–Trinajstić information content (AvgIpc) is 2.45. The lowest BCUT2D eigenvalue weighted by molar-refractivity contribution is -0.161. The molecular formula is C15H16Cl2O4. The fourth-order valence-corrected chi connectivity index (χ4v) is 2.45. The van der Waals surface area contributed by atoms with Crippen molar-refractivity contribution in [3.05, 3.63) is 46.0 Å². The van der Waals surface area contributed by atoms with Crippen molar-refractivity contribution in [2.45, 2.75) is 25.7 Å². The van der Waals surface area contributed by atoms with E-state index in [0.717, 1.165) is 0 Å². The second-order valence-electron chi connectivity index (χ2n) is 4.54. The van der Waals surface area contributed by atoms with Crippen molar-refractivity contribution in [2.75, 3.05) is 6.61 Å². The second-order valence-corrected chi connectivity index (χ2v) is 5.17. The summed E-state index contributed by atoms with van der Waals surface area (Å²) in [5.74, 6) is -2.18. The summed E-state index contributed by atoms with van der Waals surface area (Å²) in [6.07, 6.45) is -0.117. The van der Waals surface area contributed by atoms with E-state index in [1.165, 1.54) is 17.7 Å². The monoisotopic (exact) mass is 330 g/mol. The minimum Gasteiger partial charge on any atom is -0.480 e.